The molecule has 0 aromatic heterocycles. The van der Waals surface area contributed by atoms with Crippen molar-refractivity contribution in [2.45, 2.75) is 13.0 Å². The predicted octanol–water partition coefficient (Wildman–Crippen LogP) is 3.68. The molecule has 0 radical (unpaired) electrons. The number of carbonyl (C=O) groups excluding carboxylic acids is 2. The third-order valence-corrected chi connectivity index (χ3v) is 3.78. The maximum atomic E-state index is 13.0. The third-order valence-electron chi connectivity index (χ3n) is 3.47. The lowest BCUT2D eigenvalue weighted by Gasteiger charge is -2.15. The Balaban J connectivity index is 2.10. The maximum Gasteiger partial charge on any atom is 0.342 e. The Hall–Kier alpha value is -2.80. The molecule has 0 fully saturated rings. The zero-order valence-corrected chi connectivity index (χ0v) is 15.1. The van der Waals surface area contributed by atoms with Crippen molar-refractivity contribution in [2.75, 3.05) is 19.5 Å². The van der Waals surface area contributed by atoms with Crippen LogP contribution in [0, 0.1) is 5.82 Å². The zero-order chi connectivity index (χ0) is 19.3. The summed E-state index contributed by atoms with van der Waals surface area (Å²) < 4.78 is 28.4. The van der Waals surface area contributed by atoms with E-state index in [1.165, 1.54) is 33.3 Å². The quantitative estimate of drug-likeness (QED) is 0.773. The summed E-state index contributed by atoms with van der Waals surface area (Å²) in [6.07, 6.45) is -1.13. The molecule has 26 heavy (non-hydrogen) atoms. The number of hydrogen-bond donors (Lipinski definition) is 1. The van der Waals surface area contributed by atoms with Crippen molar-refractivity contribution in [1.82, 2.24) is 0 Å². The minimum absolute atomic E-state index is 0.0336. The Morgan fingerprint density at radius 2 is 1.85 bits per heavy atom. The predicted molar refractivity (Wildman–Crippen MR) is 94.5 cm³/mol. The molecule has 1 atom stereocenters. The Kier molecular flexibility index (Phi) is 6.41. The molecule has 0 saturated heterocycles. The molecule has 2 aromatic carbocycles. The van der Waals surface area contributed by atoms with Gasteiger partial charge in [0.05, 0.1) is 24.9 Å². The fourth-order valence-corrected chi connectivity index (χ4v) is 2.29. The van der Waals surface area contributed by atoms with Gasteiger partial charge in [-0.05, 0) is 43.3 Å². The van der Waals surface area contributed by atoms with E-state index < -0.39 is 23.8 Å². The molecule has 6 nitrogen and oxygen atoms in total. The first-order chi connectivity index (χ1) is 12.3. The highest BCUT2D eigenvalue weighted by Gasteiger charge is 2.22. The fourth-order valence-electron chi connectivity index (χ4n) is 2.08. The Morgan fingerprint density at radius 3 is 2.46 bits per heavy atom. The van der Waals surface area contributed by atoms with Gasteiger partial charge in [-0.15, -0.1) is 0 Å². The van der Waals surface area contributed by atoms with Crippen molar-refractivity contribution in [2.24, 2.45) is 0 Å². The number of benzene rings is 2. The molecule has 0 spiro atoms. The van der Waals surface area contributed by atoms with Crippen LogP contribution < -0.4 is 14.8 Å². The summed E-state index contributed by atoms with van der Waals surface area (Å²) in [6.45, 7) is 1.40. The van der Waals surface area contributed by atoms with Gasteiger partial charge < -0.3 is 19.5 Å². The molecule has 2 aromatic rings. The standard InChI is InChI=1S/C18H17ClFNO5/c1-10(17(22)21-15-6-4-11(20)8-14(15)19)26-18(23)13-9-12(24-2)5-7-16(13)25-3/h4-10H,1-3H3,(H,21,22)/t10-/m0/s1. The van der Waals surface area contributed by atoms with Crippen molar-refractivity contribution < 1.29 is 28.2 Å². The normalized spacial score (nSPS) is 11.4. The number of methoxy groups -OCH3 is 2. The Bertz CT molecular complexity index is 827. The number of ether oxygens (including phenoxy) is 3. The van der Waals surface area contributed by atoms with Crippen LogP contribution in [0.3, 0.4) is 0 Å². The van der Waals surface area contributed by atoms with Gasteiger partial charge >= 0.3 is 5.97 Å². The SMILES string of the molecule is COc1ccc(OC)c(C(=O)O[C@@H](C)C(=O)Nc2ccc(F)cc2Cl)c1. The van der Waals surface area contributed by atoms with Gasteiger partial charge in [0.15, 0.2) is 6.10 Å². The van der Waals surface area contributed by atoms with E-state index in [2.05, 4.69) is 5.32 Å². The van der Waals surface area contributed by atoms with E-state index in [-0.39, 0.29) is 22.0 Å². The molecule has 0 saturated carbocycles. The Morgan fingerprint density at radius 1 is 1.12 bits per heavy atom. The average molecular weight is 382 g/mol. The van der Waals surface area contributed by atoms with Crippen molar-refractivity contribution >= 4 is 29.2 Å². The lowest BCUT2D eigenvalue weighted by atomic mass is 10.2. The first kappa shape index (κ1) is 19.5. The van der Waals surface area contributed by atoms with E-state index in [4.69, 9.17) is 25.8 Å². The summed E-state index contributed by atoms with van der Waals surface area (Å²) in [5.41, 5.74) is 0.325. The lowest BCUT2D eigenvalue weighted by molar-refractivity contribution is -0.123. The first-order valence-electron chi connectivity index (χ1n) is 7.54. The first-order valence-corrected chi connectivity index (χ1v) is 7.92. The zero-order valence-electron chi connectivity index (χ0n) is 14.3. The molecule has 0 bridgehead atoms. The highest BCUT2D eigenvalue weighted by atomic mass is 35.5. The molecule has 8 heteroatoms. The van der Waals surface area contributed by atoms with Crippen LogP contribution in [-0.2, 0) is 9.53 Å². The molecule has 0 aliphatic heterocycles. The highest BCUT2D eigenvalue weighted by molar-refractivity contribution is 6.33. The van der Waals surface area contributed by atoms with E-state index in [0.29, 0.717) is 5.75 Å². The van der Waals surface area contributed by atoms with Crippen LogP contribution in [0.2, 0.25) is 5.02 Å². The summed E-state index contributed by atoms with van der Waals surface area (Å²) in [5.74, 6) is -1.18. The second-order valence-electron chi connectivity index (χ2n) is 5.23. The number of halogens is 2. The molecule has 2 rings (SSSR count). The number of hydrogen-bond acceptors (Lipinski definition) is 5. The number of amides is 1. The smallest absolute Gasteiger partial charge is 0.342 e. The second-order valence-corrected chi connectivity index (χ2v) is 5.63. The second kappa shape index (κ2) is 8.53. The van der Waals surface area contributed by atoms with Gasteiger partial charge in [0, 0.05) is 0 Å². The number of nitrogens with one attached hydrogen (secondary N) is 1. The van der Waals surface area contributed by atoms with Gasteiger partial charge in [-0.2, -0.15) is 0 Å². The largest absolute Gasteiger partial charge is 0.497 e. The summed E-state index contributed by atoms with van der Waals surface area (Å²) in [4.78, 5) is 24.6. The maximum absolute atomic E-state index is 13.0. The van der Waals surface area contributed by atoms with Gasteiger partial charge in [-0.1, -0.05) is 11.6 Å². The number of carbonyl (C=O) groups is 2. The molecule has 0 unspecified atom stereocenters. The molecule has 1 amide bonds. The lowest BCUT2D eigenvalue weighted by Crippen LogP contribution is -2.30. The van der Waals surface area contributed by atoms with Gasteiger partial charge in [0.25, 0.3) is 5.91 Å². The van der Waals surface area contributed by atoms with E-state index in [0.717, 1.165) is 12.1 Å². The monoisotopic (exact) mass is 381 g/mol. The van der Waals surface area contributed by atoms with Gasteiger partial charge in [0.2, 0.25) is 0 Å². The van der Waals surface area contributed by atoms with Crippen LogP contribution >= 0.6 is 11.6 Å². The summed E-state index contributed by atoms with van der Waals surface area (Å²) in [6, 6.07) is 8.16. The summed E-state index contributed by atoms with van der Waals surface area (Å²) in [7, 11) is 2.87. The molecular weight excluding hydrogens is 365 g/mol. The van der Waals surface area contributed by atoms with Crippen molar-refractivity contribution in [1.29, 1.82) is 0 Å². The topological polar surface area (TPSA) is 73.9 Å². The average Bonchev–Trinajstić information content (AvgIpc) is 2.63. The molecule has 1 N–H and O–H groups in total. The Labute approximate surface area is 154 Å². The highest BCUT2D eigenvalue weighted by Crippen LogP contribution is 2.26. The van der Waals surface area contributed by atoms with E-state index in [1.54, 1.807) is 12.1 Å². The van der Waals surface area contributed by atoms with Crippen LogP contribution in [0.1, 0.15) is 17.3 Å². The third kappa shape index (κ3) is 4.64. The number of rotatable bonds is 6. The van der Waals surface area contributed by atoms with Gasteiger partial charge in [-0.25, -0.2) is 9.18 Å². The molecule has 138 valence electrons. The van der Waals surface area contributed by atoms with Crippen LogP contribution in [-0.4, -0.2) is 32.2 Å². The van der Waals surface area contributed by atoms with Crippen molar-refractivity contribution in [3.63, 3.8) is 0 Å². The number of esters is 1. The number of anilines is 1. The van der Waals surface area contributed by atoms with Crippen molar-refractivity contribution in [3.05, 3.63) is 52.8 Å². The minimum atomic E-state index is -1.13. The van der Waals surface area contributed by atoms with E-state index in [1.807, 2.05) is 0 Å². The summed E-state index contributed by atoms with van der Waals surface area (Å²) in [5, 5.41) is 2.51. The molecule has 0 aliphatic carbocycles. The van der Waals surface area contributed by atoms with E-state index in [9.17, 15) is 14.0 Å². The van der Waals surface area contributed by atoms with Crippen LogP contribution in [0.5, 0.6) is 11.5 Å². The minimum Gasteiger partial charge on any atom is -0.497 e. The van der Waals surface area contributed by atoms with Crippen LogP contribution in [0.25, 0.3) is 0 Å². The molecular formula is C18H17ClFNO5. The van der Waals surface area contributed by atoms with Crippen LogP contribution in [0.4, 0.5) is 10.1 Å². The van der Waals surface area contributed by atoms with Crippen molar-refractivity contribution in [3.8, 4) is 11.5 Å². The van der Waals surface area contributed by atoms with E-state index >= 15 is 0 Å². The van der Waals surface area contributed by atoms with Crippen LogP contribution in [0.15, 0.2) is 36.4 Å². The summed E-state index contributed by atoms with van der Waals surface area (Å²) >= 11 is 5.86. The van der Waals surface area contributed by atoms with Gasteiger partial charge in [0.1, 0.15) is 22.9 Å². The fraction of sp³-hybridized carbons (Fsp3) is 0.222. The van der Waals surface area contributed by atoms with Gasteiger partial charge in [-0.3, -0.25) is 4.79 Å². The molecule has 0 heterocycles. The molecule has 0 aliphatic rings.